The number of hydrogen-bond donors (Lipinski definition) is 1. The number of carboxylic acids is 1. The van der Waals surface area contributed by atoms with Crippen LogP contribution < -0.4 is 0 Å². The summed E-state index contributed by atoms with van der Waals surface area (Å²) in [5.74, 6) is -1.00. The van der Waals surface area contributed by atoms with Crippen molar-refractivity contribution >= 4 is 23.2 Å². The van der Waals surface area contributed by atoms with Crippen molar-refractivity contribution in [3.05, 3.63) is 80.9 Å². The SMILES string of the molecule is Cc1ccc(CN(CCc2ccccc2)C(=O)c2c(C)coc2CC(=O)O)s1. The minimum absolute atomic E-state index is 0.190. The van der Waals surface area contributed by atoms with Gasteiger partial charge in [-0.05, 0) is 38.0 Å². The zero-order valence-corrected chi connectivity index (χ0v) is 16.8. The summed E-state index contributed by atoms with van der Waals surface area (Å²) in [6.45, 7) is 4.83. The van der Waals surface area contributed by atoms with Crippen LogP contribution >= 0.6 is 11.3 Å². The Labute approximate surface area is 168 Å². The Morgan fingerprint density at radius 2 is 1.86 bits per heavy atom. The molecule has 0 fully saturated rings. The molecule has 3 rings (SSSR count). The van der Waals surface area contributed by atoms with Gasteiger partial charge in [0.15, 0.2) is 0 Å². The largest absolute Gasteiger partial charge is 0.481 e. The van der Waals surface area contributed by atoms with Crippen LogP contribution in [0.5, 0.6) is 0 Å². The highest BCUT2D eigenvalue weighted by molar-refractivity contribution is 7.11. The third-order valence-corrected chi connectivity index (χ3v) is 5.51. The van der Waals surface area contributed by atoms with Crippen molar-refractivity contribution in [3.8, 4) is 0 Å². The van der Waals surface area contributed by atoms with Gasteiger partial charge in [0.1, 0.15) is 12.2 Å². The van der Waals surface area contributed by atoms with Crippen LogP contribution in [0.4, 0.5) is 0 Å². The average Bonchev–Trinajstić information content (AvgIpc) is 3.23. The van der Waals surface area contributed by atoms with Gasteiger partial charge in [-0.25, -0.2) is 0 Å². The van der Waals surface area contributed by atoms with E-state index in [1.807, 2.05) is 49.4 Å². The molecule has 0 saturated carbocycles. The number of thiophene rings is 1. The van der Waals surface area contributed by atoms with E-state index >= 15 is 0 Å². The van der Waals surface area contributed by atoms with E-state index < -0.39 is 5.97 Å². The van der Waals surface area contributed by atoms with Crippen LogP contribution in [0.1, 0.15) is 37.0 Å². The number of carboxylic acid groups (broad SMARTS) is 1. The Morgan fingerprint density at radius 1 is 1.11 bits per heavy atom. The highest BCUT2D eigenvalue weighted by Crippen LogP contribution is 2.23. The lowest BCUT2D eigenvalue weighted by Crippen LogP contribution is -2.33. The maximum absolute atomic E-state index is 13.3. The number of carbonyl (C=O) groups is 2. The van der Waals surface area contributed by atoms with Crippen molar-refractivity contribution < 1.29 is 19.1 Å². The molecule has 3 aromatic rings. The van der Waals surface area contributed by atoms with E-state index in [1.54, 1.807) is 23.2 Å². The van der Waals surface area contributed by atoms with Crippen LogP contribution in [0.25, 0.3) is 0 Å². The molecule has 0 unspecified atom stereocenters. The molecule has 2 aromatic heterocycles. The second kappa shape index (κ2) is 8.89. The van der Waals surface area contributed by atoms with Gasteiger partial charge >= 0.3 is 5.97 Å². The first-order valence-electron chi connectivity index (χ1n) is 9.11. The fraction of sp³-hybridized carbons (Fsp3) is 0.273. The summed E-state index contributed by atoms with van der Waals surface area (Å²) in [4.78, 5) is 28.6. The van der Waals surface area contributed by atoms with E-state index in [9.17, 15) is 9.59 Å². The van der Waals surface area contributed by atoms with Crippen LogP contribution in [-0.4, -0.2) is 28.4 Å². The molecule has 0 saturated heterocycles. The fourth-order valence-corrected chi connectivity index (χ4v) is 4.04. The van der Waals surface area contributed by atoms with Gasteiger partial charge in [-0.3, -0.25) is 9.59 Å². The van der Waals surface area contributed by atoms with E-state index in [2.05, 4.69) is 0 Å². The van der Waals surface area contributed by atoms with Crippen LogP contribution in [0, 0.1) is 13.8 Å². The van der Waals surface area contributed by atoms with Crippen LogP contribution in [0.3, 0.4) is 0 Å². The summed E-state index contributed by atoms with van der Waals surface area (Å²) in [7, 11) is 0. The molecule has 2 heterocycles. The molecule has 0 aliphatic carbocycles. The predicted octanol–water partition coefficient (Wildman–Crippen LogP) is 4.47. The monoisotopic (exact) mass is 397 g/mol. The molecule has 0 aliphatic heterocycles. The molecule has 0 bridgehead atoms. The van der Waals surface area contributed by atoms with Crippen LogP contribution in [0.2, 0.25) is 0 Å². The summed E-state index contributed by atoms with van der Waals surface area (Å²) in [6.07, 6.45) is 1.87. The number of furan rings is 1. The molecule has 0 aliphatic rings. The lowest BCUT2D eigenvalue weighted by atomic mass is 10.1. The fourth-order valence-electron chi connectivity index (χ4n) is 3.13. The minimum atomic E-state index is -1.02. The maximum atomic E-state index is 13.3. The first kappa shape index (κ1) is 19.9. The number of aryl methyl sites for hydroxylation is 2. The number of benzene rings is 1. The van der Waals surface area contributed by atoms with Crippen molar-refractivity contribution in [2.45, 2.75) is 33.2 Å². The van der Waals surface area contributed by atoms with Crippen molar-refractivity contribution in [2.24, 2.45) is 0 Å². The number of carbonyl (C=O) groups excluding carboxylic acids is 1. The molecule has 0 radical (unpaired) electrons. The molecule has 5 nitrogen and oxygen atoms in total. The van der Waals surface area contributed by atoms with Gasteiger partial charge < -0.3 is 14.4 Å². The normalized spacial score (nSPS) is 10.8. The quantitative estimate of drug-likeness (QED) is 0.609. The van der Waals surface area contributed by atoms with Crippen molar-refractivity contribution in [1.82, 2.24) is 4.90 Å². The first-order valence-corrected chi connectivity index (χ1v) is 9.93. The number of nitrogens with zero attached hydrogens (tertiary/aromatic N) is 1. The van der Waals surface area contributed by atoms with Gasteiger partial charge in [0.25, 0.3) is 5.91 Å². The van der Waals surface area contributed by atoms with E-state index in [0.717, 1.165) is 16.9 Å². The Morgan fingerprint density at radius 3 is 2.50 bits per heavy atom. The molecule has 146 valence electrons. The lowest BCUT2D eigenvalue weighted by Gasteiger charge is -2.23. The maximum Gasteiger partial charge on any atom is 0.311 e. The Balaban J connectivity index is 1.85. The molecule has 1 aromatic carbocycles. The number of hydrogen-bond acceptors (Lipinski definition) is 4. The molecule has 1 N–H and O–H groups in total. The first-order chi connectivity index (χ1) is 13.4. The molecular formula is C22H23NO4S. The van der Waals surface area contributed by atoms with Crippen LogP contribution in [-0.2, 0) is 24.2 Å². The van der Waals surface area contributed by atoms with Crippen LogP contribution in [0.15, 0.2) is 53.1 Å². The molecule has 1 amide bonds. The van der Waals surface area contributed by atoms with E-state index in [0.29, 0.717) is 24.2 Å². The van der Waals surface area contributed by atoms with Gasteiger partial charge in [-0.1, -0.05) is 30.3 Å². The Hall–Kier alpha value is -2.86. The zero-order chi connectivity index (χ0) is 20.1. The summed E-state index contributed by atoms with van der Waals surface area (Å²) in [5, 5.41) is 9.13. The number of aliphatic carboxylic acids is 1. The van der Waals surface area contributed by atoms with Crippen molar-refractivity contribution in [2.75, 3.05) is 6.54 Å². The highest BCUT2D eigenvalue weighted by atomic mass is 32.1. The lowest BCUT2D eigenvalue weighted by molar-refractivity contribution is -0.136. The molecular weight excluding hydrogens is 374 g/mol. The van der Waals surface area contributed by atoms with Gasteiger partial charge in [0.2, 0.25) is 0 Å². The number of amides is 1. The van der Waals surface area contributed by atoms with Gasteiger partial charge in [-0.2, -0.15) is 0 Å². The smallest absolute Gasteiger partial charge is 0.311 e. The molecule has 0 spiro atoms. The van der Waals surface area contributed by atoms with Crippen molar-refractivity contribution in [3.63, 3.8) is 0 Å². The molecule has 28 heavy (non-hydrogen) atoms. The van der Waals surface area contributed by atoms with Gasteiger partial charge in [0.05, 0.1) is 18.4 Å². The van der Waals surface area contributed by atoms with Gasteiger partial charge in [0, 0.05) is 21.9 Å². The Bertz CT molecular complexity index is 958. The van der Waals surface area contributed by atoms with E-state index in [1.165, 1.54) is 11.1 Å². The third-order valence-electron chi connectivity index (χ3n) is 4.52. The molecule has 6 heteroatoms. The zero-order valence-electron chi connectivity index (χ0n) is 16.0. The summed E-state index contributed by atoms with van der Waals surface area (Å²) < 4.78 is 5.37. The molecule has 0 atom stereocenters. The average molecular weight is 397 g/mol. The summed E-state index contributed by atoms with van der Waals surface area (Å²) in [5.41, 5.74) is 2.18. The van der Waals surface area contributed by atoms with Gasteiger partial charge in [-0.15, -0.1) is 11.3 Å². The van der Waals surface area contributed by atoms with E-state index in [4.69, 9.17) is 9.52 Å². The predicted molar refractivity (Wildman–Crippen MR) is 109 cm³/mol. The second-order valence-corrected chi connectivity index (χ2v) is 8.13. The standard InChI is InChI=1S/C22H23NO4S/c1-15-14-27-19(12-20(24)25)21(15)22(26)23(13-18-9-8-16(2)28-18)11-10-17-6-4-3-5-7-17/h3-9,14H,10-13H2,1-2H3,(H,24,25). The number of rotatable bonds is 8. The Kier molecular flexibility index (Phi) is 6.31. The third kappa shape index (κ3) is 4.89. The topological polar surface area (TPSA) is 70.8 Å². The summed E-state index contributed by atoms with van der Waals surface area (Å²) >= 11 is 1.66. The highest BCUT2D eigenvalue weighted by Gasteiger charge is 2.25. The van der Waals surface area contributed by atoms with E-state index in [-0.39, 0.29) is 18.1 Å². The minimum Gasteiger partial charge on any atom is -0.481 e. The summed E-state index contributed by atoms with van der Waals surface area (Å²) in [6, 6.07) is 14.1. The van der Waals surface area contributed by atoms with Crippen molar-refractivity contribution in [1.29, 1.82) is 0 Å². The second-order valence-electron chi connectivity index (χ2n) is 6.76.